The second-order valence-corrected chi connectivity index (χ2v) is 6.36. The number of amides is 1. The first-order valence-corrected chi connectivity index (χ1v) is 8.58. The summed E-state index contributed by atoms with van der Waals surface area (Å²) in [5.41, 5.74) is -0.254. The Morgan fingerprint density at radius 2 is 1.93 bits per heavy atom. The van der Waals surface area contributed by atoms with Gasteiger partial charge in [0, 0.05) is 45.0 Å². The van der Waals surface area contributed by atoms with Gasteiger partial charge >= 0.3 is 5.69 Å². The van der Waals surface area contributed by atoms with Crippen LogP contribution in [0.1, 0.15) is 5.56 Å². The first kappa shape index (κ1) is 18.8. The number of piperazine rings is 1. The van der Waals surface area contributed by atoms with Crippen LogP contribution in [0.2, 0.25) is 0 Å². The molecule has 1 fully saturated rings. The Bertz CT molecular complexity index is 931. The molecule has 8 nitrogen and oxygen atoms in total. The Morgan fingerprint density at radius 3 is 2.56 bits per heavy atom. The number of nitrogens with zero attached hydrogens (tertiary/aromatic N) is 3. The summed E-state index contributed by atoms with van der Waals surface area (Å²) in [5, 5.41) is 0. The minimum absolute atomic E-state index is 0.112. The summed E-state index contributed by atoms with van der Waals surface area (Å²) >= 11 is 0. The molecule has 1 aliphatic rings. The largest absolute Gasteiger partial charge is 0.494 e. The zero-order valence-corrected chi connectivity index (χ0v) is 15.0. The maximum absolute atomic E-state index is 13.8. The molecule has 1 N–H and O–H groups in total. The molecule has 1 amide bonds. The Morgan fingerprint density at radius 1 is 1.19 bits per heavy atom. The number of ether oxygens (including phenoxy) is 1. The van der Waals surface area contributed by atoms with Crippen LogP contribution in [-0.4, -0.2) is 58.5 Å². The maximum atomic E-state index is 13.8. The second kappa shape index (κ2) is 8.17. The highest BCUT2D eigenvalue weighted by Crippen LogP contribution is 2.19. The van der Waals surface area contributed by atoms with E-state index in [1.54, 1.807) is 11.0 Å². The van der Waals surface area contributed by atoms with Crippen LogP contribution >= 0.6 is 0 Å². The van der Waals surface area contributed by atoms with Gasteiger partial charge in [0.25, 0.3) is 5.56 Å². The normalized spacial score (nSPS) is 15.0. The molecular weight excluding hydrogens is 355 g/mol. The molecule has 0 radical (unpaired) electrons. The van der Waals surface area contributed by atoms with Gasteiger partial charge in [-0.05, 0) is 17.7 Å². The van der Waals surface area contributed by atoms with Crippen LogP contribution in [0, 0.1) is 5.82 Å². The van der Waals surface area contributed by atoms with Gasteiger partial charge in [0.2, 0.25) is 5.91 Å². The summed E-state index contributed by atoms with van der Waals surface area (Å²) in [7, 11) is 1.43. The van der Waals surface area contributed by atoms with E-state index in [1.807, 2.05) is 6.07 Å². The van der Waals surface area contributed by atoms with Crippen molar-refractivity contribution in [1.82, 2.24) is 19.4 Å². The van der Waals surface area contributed by atoms with Crippen LogP contribution < -0.4 is 16.0 Å². The number of carbonyl (C=O) groups is 1. The van der Waals surface area contributed by atoms with E-state index < -0.39 is 17.1 Å². The predicted octanol–water partition coefficient (Wildman–Crippen LogP) is 0.0287. The van der Waals surface area contributed by atoms with Gasteiger partial charge in [-0.3, -0.25) is 24.0 Å². The average Bonchev–Trinajstić information content (AvgIpc) is 2.65. The first-order chi connectivity index (χ1) is 13.0. The summed E-state index contributed by atoms with van der Waals surface area (Å²) in [4.78, 5) is 41.1. The van der Waals surface area contributed by atoms with Crippen molar-refractivity contribution in [3.8, 4) is 5.75 Å². The van der Waals surface area contributed by atoms with Crippen molar-refractivity contribution in [2.45, 2.75) is 13.1 Å². The number of aromatic amines is 1. The topological polar surface area (TPSA) is 87.6 Å². The molecule has 2 heterocycles. The van der Waals surface area contributed by atoms with E-state index in [1.165, 1.54) is 30.0 Å². The van der Waals surface area contributed by atoms with Gasteiger partial charge in [-0.25, -0.2) is 9.18 Å². The maximum Gasteiger partial charge on any atom is 0.328 e. The Kier molecular flexibility index (Phi) is 5.70. The minimum atomic E-state index is -0.601. The lowest BCUT2D eigenvalue weighted by atomic mass is 10.2. The number of aromatic nitrogens is 2. The number of hydrogen-bond donors (Lipinski definition) is 1. The molecule has 0 atom stereocenters. The van der Waals surface area contributed by atoms with Crippen LogP contribution in [0.15, 0.2) is 40.1 Å². The van der Waals surface area contributed by atoms with Gasteiger partial charge < -0.3 is 9.64 Å². The van der Waals surface area contributed by atoms with E-state index in [-0.39, 0.29) is 18.2 Å². The van der Waals surface area contributed by atoms with E-state index in [4.69, 9.17) is 4.74 Å². The van der Waals surface area contributed by atoms with Crippen molar-refractivity contribution in [3.05, 3.63) is 62.7 Å². The van der Waals surface area contributed by atoms with Crippen molar-refractivity contribution in [3.63, 3.8) is 0 Å². The molecule has 27 heavy (non-hydrogen) atoms. The van der Waals surface area contributed by atoms with E-state index in [0.29, 0.717) is 32.7 Å². The zero-order valence-electron chi connectivity index (χ0n) is 15.0. The first-order valence-electron chi connectivity index (χ1n) is 8.58. The highest BCUT2D eigenvalue weighted by Gasteiger charge is 2.21. The molecule has 1 aromatic carbocycles. The van der Waals surface area contributed by atoms with Gasteiger partial charge in [-0.2, -0.15) is 0 Å². The fourth-order valence-corrected chi connectivity index (χ4v) is 3.04. The number of nitrogens with one attached hydrogen (secondary N) is 1. The summed E-state index contributed by atoms with van der Waals surface area (Å²) < 4.78 is 19.9. The average molecular weight is 376 g/mol. The smallest absolute Gasteiger partial charge is 0.328 e. The van der Waals surface area contributed by atoms with Gasteiger partial charge in [0.15, 0.2) is 11.6 Å². The third-order valence-electron chi connectivity index (χ3n) is 4.55. The zero-order chi connectivity index (χ0) is 19.4. The Balaban J connectivity index is 1.53. The van der Waals surface area contributed by atoms with Gasteiger partial charge in [0.1, 0.15) is 6.54 Å². The Labute approximate surface area is 154 Å². The number of benzene rings is 1. The van der Waals surface area contributed by atoms with Crippen molar-refractivity contribution >= 4 is 5.91 Å². The van der Waals surface area contributed by atoms with Crippen molar-refractivity contribution in [2.24, 2.45) is 0 Å². The third-order valence-corrected chi connectivity index (χ3v) is 4.55. The molecule has 9 heteroatoms. The number of halogens is 1. The number of H-pyrrole nitrogens is 1. The summed E-state index contributed by atoms with van der Waals surface area (Å²) in [6.07, 6.45) is 1.31. The summed E-state index contributed by atoms with van der Waals surface area (Å²) in [6.45, 7) is 2.83. The molecule has 144 valence electrons. The lowest BCUT2D eigenvalue weighted by Crippen LogP contribution is -2.49. The quantitative estimate of drug-likeness (QED) is 0.796. The molecule has 0 unspecified atom stereocenters. The molecule has 2 aromatic rings. The van der Waals surface area contributed by atoms with E-state index in [9.17, 15) is 18.8 Å². The predicted molar refractivity (Wildman–Crippen MR) is 96.1 cm³/mol. The van der Waals surface area contributed by atoms with Crippen LogP contribution in [-0.2, 0) is 17.9 Å². The number of methoxy groups -OCH3 is 1. The molecular formula is C18H21FN4O4. The van der Waals surface area contributed by atoms with Gasteiger partial charge in [-0.15, -0.1) is 0 Å². The van der Waals surface area contributed by atoms with Crippen molar-refractivity contribution in [1.29, 1.82) is 0 Å². The lowest BCUT2D eigenvalue weighted by Gasteiger charge is -2.34. The van der Waals surface area contributed by atoms with Crippen molar-refractivity contribution < 1.29 is 13.9 Å². The molecule has 0 aliphatic carbocycles. The van der Waals surface area contributed by atoms with Crippen LogP contribution in [0.25, 0.3) is 0 Å². The van der Waals surface area contributed by atoms with Crippen LogP contribution in [0.4, 0.5) is 4.39 Å². The molecule has 1 aliphatic heterocycles. The van der Waals surface area contributed by atoms with Crippen molar-refractivity contribution in [2.75, 3.05) is 33.3 Å². The summed E-state index contributed by atoms with van der Waals surface area (Å²) in [5.74, 6) is -0.360. The molecule has 3 rings (SSSR count). The third kappa shape index (κ3) is 4.62. The molecule has 0 spiro atoms. The summed E-state index contributed by atoms with van der Waals surface area (Å²) in [6, 6.07) is 6.09. The number of rotatable bonds is 5. The molecule has 1 aromatic heterocycles. The lowest BCUT2D eigenvalue weighted by molar-refractivity contribution is -0.133. The van der Waals surface area contributed by atoms with Gasteiger partial charge in [0.05, 0.1) is 7.11 Å². The highest BCUT2D eigenvalue weighted by molar-refractivity contribution is 5.76. The second-order valence-electron chi connectivity index (χ2n) is 6.36. The van der Waals surface area contributed by atoms with Gasteiger partial charge in [-0.1, -0.05) is 6.07 Å². The fourth-order valence-electron chi connectivity index (χ4n) is 3.04. The number of carbonyl (C=O) groups excluding carboxylic acids is 1. The molecule has 0 bridgehead atoms. The van der Waals surface area contributed by atoms with Crippen LogP contribution in [0.5, 0.6) is 5.75 Å². The number of hydrogen-bond acceptors (Lipinski definition) is 5. The van der Waals surface area contributed by atoms with E-state index in [2.05, 4.69) is 9.88 Å². The standard InChI is InChI=1S/C18H21FN4O4/c1-27-15-3-2-13(10-14(15)19)11-21-6-8-22(9-7-21)17(25)12-23-5-4-16(24)20-18(23)26/h2-5,10H,6-9,11-12H2,1H3,(H,20,24,26). The minimum Gasteiger partial charge on any atom is -0.494 e. The fraction of sp³-hybridized carbons (Fsp3) is 0.389. The SMILES string of the molecule is COc1ccc(CN2CCN(C(=O)Cn3ccc(=O)[nH]c3=O)CC2)cc1F. The van der Waals surface area contributed by atoms with E-state index in [0.717, 1.165) is 5.56 Å². The monoisotopic (exact) mass is 376 g/mol. The molecule has 0 saturated carbocycles. The van der Waals surface area contributed by atoms with E-state index >= 15 is 0 Å². The highest BCUT2D eigenvalue weighted by atomic mass is 19.1. The molecule has 1 saturated heterocycles. The van der Waals surface area contributed by atoms with Crippen LogP contribution in [0.3, 0.4) is 0 Å². The Hall–Kier alpha value is -2.94.